The Kier molecular flexibility index (Phi) is 6.10. The number of hydrogen-bond acceptors (Lipinski definition) is 5. The number of likely N-dealkylation sites (tertiary alicyclic amines) is 1. The number of carbonyl (C=O) groups excluding carboxylic acids is 1. The monoisotopic (exact) mass is 420 g/mol. The normalized spacial score (nSPS) is 19.0. The van der Waals surface area contributed by atoms with Crippen LogP contribution >= 0.6 is 11.3 Å². The van der Waals surface area contributed by atoms with Crippen molar-refractivity contribution in [3.05, 3.63) is 46.5 Å². The van der Waals surface area contributed by atoms with Crippen molar-refractivity contribution in [2.45, 2.75) is 26.3 Å². The third kappa shape index (κ3) is 4.59. The van der Waals surface area contributed by atoms with Gasteiger partial charge in [0.05, 0.1) is 5.69 Å². The maximum Gasteiger partial charge on any atom is 0.259 e. The molecule has 2 fully saturated rings. The van der Waals surface area contributed by atoms with E-state index >= 15 is 0 Å². The minimum absolute atomic E-state index is 0.422. The first-order chi connectivity index (χ1) is 14.0. The van der Waals surface area contributed by atoms with Crippen LogP contribution in [0.25, 0.3) is 0 Å². The Bertz CT molecular complexity index is 838. The quantitative estimate of drug-likeness (QED) is 0.758. The molecular formula is C21H26F2N4OS. The number of aromatic nitrogens is 1. The minimum atomic E-state index is -0.811. The molecule has 8 heteroatoms. The van der Waals surface area contributed by atoms with Gasteiger partial charge in [-0.25, -0.2) is 13.8 Å². The number of hydrogen-bond donors (Lipinski definition) is 0. The fraction of sp³-hybridized carbons (Fsp3) is 0.524. The van der Waals surface area contributed by atoms with Gasteiger partial charge in [0.2, 0.25) is 0 Å². The van der Waals surface area contributed by atoms with Crippen LogP contribution < -0.4 is 4.90 Å². The summed E-state index contributed by atoms with van der Waals surface area (Å²) in [4.78, 5) is 23.4. The summed E-state index contributed by atoms with van der Waals surface area (Å²) in [6.45, 7) is 7.50. The summed E-state index contributed by atoms with van der Waals surface area (Å²) in [6.07, 6.45) is 2.49. The van der Waals surface area contributed by atoms with Crippen molar-refractivity contribution >= 4 is 22.4 Å². The molecule has 0 radical (unpaired) electrons. The molecule has 0 unspecified atom stereocenters. The minimum Gasteiger partial charge on any atom is -0.345 e. The third-order valence-corrected chi connectivity index (χ3v) is 6.77. The van der Waals surface area contributed by atoms with Crippen molar-refractivity contribution in [1.82, 2.24) is 14.8 Å². The van der Waals surface area contributed by atoms with E-state index in [-0.39, 0.29) is 0 Å². The highest BCUT2D eigenvalue weighted by molar-refractivity contribution is 7.13. The molecule has 2 aliphatic rings. The zero-order valence-corrected chi connectivity index (χ0v) is 17.4. The van der Waals surface area contributed by atoms with E-state index in [4.69, 9.17) is 4.98 Å². The maximum absolute atomic E-state index is 13.9. The Balaban J connectivity index is 1.33. The van der Waals surface area contributed by atoms with Crippen molar-refractivity contribution in [3.8, 4) is 0 Å². The molecule has 0 spiro atoms. The number of piperidine rings is 1. The van der Waals surface area contributed by atoms with Crippen LogP contribution in [0.4, 0.5) is 13.9 Å². The first-order valence-corrected chi connectivity index (χ1v) is 11.0. The van der Waals surface area contributed by atoms with Gasteiger partial charge in [-0.1, -0.05) is 13.0 Å². The average Bonchev–Trinajstić information content (AvgIpc) is 3.18. The standard InChI is InChI=1S/C21H26F2N4OS/c1-15-5-7-25(8-6-15)13-16-14-29-21(24-16)27-11-9-26(10-12-27)20(28)19-17(22)3-2-4-18(19)23/h2-4,14-15H,5-13H2,1H3. The lowest BCUT2D eigenvalue weighted by atomic mass is 9.99. The molecule has 0 bridgehead atoms. The van der Waals surface area contributed by atoms with Crippen LogP contribution in [0.2, 0.25) is 0 Å². The first-order valence-electron chi connectivity index (χ1n) is 10.2. The molecule has 0 atom stereocenters. The molecule has 29 heavy (non-hydrogen) atoms. The Hall–Kier alpha value is -2.06. The topological polar surface area (TPSA) is 39.7 Å². The molecule has 1 aromatic heterocycles. The summed E-state index contributed by atoms with van der Waals surface area (Å²) in [5.41, 5.74) is 0.625. The number of rotatable bonds is 4. The van der Waals surface area contributed by atoms with Gasteiger partial charge in [0.15, 0.2) is 5.13 Å². The molecule has 0 aliphatic carbocycles. The van der Waals surface area contributed by atoms with Gasteiger partial charge in [0.25, 0.3) is 5.91 Å². The van der Waals surface area contributed by atoms with Crippen LogP contribution in [0, 0.1) is 17.6 Å². The predicted molar refractivity (Wildman–Crippen MR) is 110 cm³/mol. The number of halogens is 2. The highest BCUT2D eigenvalue weighted by Gasteiger charge is 2.27. The number of piperazine rings is 1. The number of amides is 1. The van der Waals surface area contributed by atoms with E-state index in [0.717, 1.165) is 48.5 Å². The number of benzene rings is 1. The summed E-state index contributed by atoms with van der Waals surface area (Å²) in [5, 5.41) is 3.06. The lowest BCUT2D eigenvalue weighted by Gasteiger charge is -2.34. The fourth-order valence-corrected chi connectivity index (χ4v) is 4.79. The fourth-order valence-electron chi connectivity index (χ4n) is 3.92. The van der Waals surface area contributed by atoms with Gasteiger partial charge in [0.1, 0.15) is 17.2 Å². The summed E-state index contributed by atoms with van der Waals surface area (Å²) < 4.78 is 27.8. The van der Waals surface area contributed by atoms with Crippen molar-refractivity contribution < 1.29 is 13.6 Å². The average molecular weight is 421 g/mol. The molecular weight excluding hydrogens is 394 g/mol. The Morgan fingerprint density at radius 1 is 1.10 bits per heavy atom. The Labute approximate surface area is 173 Å². The molecule has 0 N–H and O–H groups in total. The SMILES string of the molecule is CC1CCN(Cc2csc(N3CCN(C(=O)c4c(F)cccc4F)CC3)n2)CC1. The highest BCUT2D eigenvalue weighted by Crippen LogP contribution is 2.25. The van der Waals surface area contributed by atoms with E-state index in [2.05, 4.69) is 22.1 Å². The molecule has 156 valence electrons. The molecule has 1 amide bonds. The molecule has 3 heterocycles. The molecule has 2 aromatic rings. The molecule has 2 saturated heterocycles. The lowest BCUT2D eigenvalue weighted by molar-refractivity contribution is 0.0737. The second kappa shape index (κ2) is 8.75. The summed E-state index contributed by atoms with van der Waals surface area (Å²) in [7, 11) is 0. The van der Waals surface area contributed by atoms with Crippen molar-refractivity contribution in [2.24, 2.45) is 5.92 Å². The van der Waals surface area contributed by atoms with Gasteiger partial charge in [-0.2, -0.15) is 0 Å². The highest BCUT2D eigenvalue weighted by atomic mass is 32.1. The van der Waals surface area contributed by atoms with E-state index < -0.39 is 23.1 Å². The van der Waals surface area contributed by atoms with Gasteiger partial charge < -0.3 is 9.80 Å². The van der Waals surface area contributed by atoms with E-state index in [0.29, 0.717) is 26.2 Å². The van der Waals surface area contributed by atoms with Gasteiger partial charge >= 0.3 is 0 Å². The molecule has 0 saturated carbocycles. The zero-order chi connectivity index (χ0) is 20.4. The van der Waals surface area contributed by atoms with Crippen LogP contribution in [-0.4, -0.2) is 60.0 Å². The van der Waals surface area contributed by atoms with Crippen molar-refractivity contribution in [3.63, 3.8) is 0 Å². The van der Waals surface area contributed by atoms with Gasteiger partial charge in [-0.05, 0) is 44.0 Å². The van der Waals surface area contributed by atoms with E-state index in [1.807, 2.05) is 0 Å². The van der Waals surface area contributed by atoms with Gasteiger partial charge in [0, 0.05) is 38.1 Å². The number of nitrogens with zero attached hydrogens (tertiary/aromatic N) is 4. The molecule has 1 aromatic carbocycles. The van der Waals surface area contributed by atoms with Crippen LogP contribution in [-0.2, 0) is 6.54 Å². The first kappa shape index (κ1) is 20.2. The number of thiazole rings is 1. The molecule has 2 aliphatic heterocycles. The van der Waals surface area contributed by atoms with Crippen molar-refractivity contribution in [1.29, 1.82) is 0 Å². The van der Waals surface area contributed by atoms with E-state index in [9.17, 15) is 13.6 Å². The van der Waals surface area contributed by atoms with Crippen LogP contribution in [0.15, 0.2) is 23.6 Å². The van der Waals surface area contributed by atoms with E-state index in [1.54, 1.807) is 11.3 Å². The van der Waals surface area contributed by atoms with Crippen LogP contribution in [0.5, 0.6) is 0 Å². The summed E-state index contributed by atoms with van der Waals surface area (Å²) in [5.74, 6) is -1.39. The third-order valence-electron chi connectivity index (χ3n) is 5.82. The Morgan fingerprint density at radius 2 is 1.76 bits per heavy atom. The van der Waals surface area contributed by atoms with Crippen molar-refractivity contribution in [2.75, 3.05) is 44.2 Å². The summed E-state index contributed by atoms with van der Waals surface area (Å²) >= 11 is 1.62. The molecule has 5 nitrogen and oxygen atoms in total. The van der Waals surface area contributed by atoms with Crippen LogP contribution in [0.1, 0.15) is 35.8 Å². The zero-order valence-electron chi connectivity index (χ0n) is 16.6. The smallest absolute Gasteiger partial charge is 0.259 e. The second-order valence-electron chi connectivity index (χ2n) is 7.96. The van der Waals surface area contributed by atoms with Gasteiger partial charge in [-0.15, -0.1) is 11.3 Å². The number of anilines is 1. The predicted octanol–water partition coefficient (Wildman–Crippen LogP) is 3.62. The van der Waals surface area contributed by atoms with Crippen LogP contribution in [0.3, 0.4) is 0 Å². The van der Waals surface area contributed by atoms with Gasteiger partial charge in [-0.3, -0.25) is 9.69 Å². The summed E-state index contributed by atoms with van der Waals surface area (Å²) in [6, 6.07) is 3.50. The molecule has 4 rings (SSSR count). The second-order valence-corrected chi connectivity index (χ2v) is 8.79. The van der Waals surface area contributed by atoms with E-state index in [1.165, 1.54) is 23.8 Å². The number of carbonyl (C=O) groups is 1. The largest absolute Gasteiger partial charge is 0.345 e. The maximum atomic E-state index is 13.9. The Morgan fingerprint density at radius 3 is 2.41 bits per heavy atom. The lowest BCUT2D eigenvalue weighted by Crippen LogP contribution is -2.49.